The van der Waals surface area contributed by atoms with Crippen LogP contribution in [0.2, 0.25) is 0 Å². The first-order valence-electron chi connectivity index (χ1n) is 9.41. The van der Waals surface area contributed by atoms with Gasteiger partial charge >= 0.3 is 57.4 Å². The molecule has 0 saturated heterocycles. The van der Waals surface area contributed by atoms with Gasteiger partial charge < -0.3 is 18.8 Å². The van der Waals surface area contributed by atoms with E-state index in [-0.39, 0.29) is 87.8 Å². The molecule has 0 saturated carbocycles. The molecule has 162 valence electrons. The van der Waals surface area contributed by atoms with Crippen molar-refractivity contribution < 1.29 is 83.4 Å². The van der Waals surface area contributed by atoms with Gasteiger partial charge in [-0.05, 0) is 30.4 Å². The van der Waals surface area contributed by atoms with Gasteiger partial charge in [-0.3, -0.25) is 4.79 Å². The molecular weight excluding hydrogens is 431 g/mol. The molecule has 0 bridgehead atoms. The van der Waals surface area contributed by atoms with Gasteiger partial charge in [0.2, 0.25) is 0 Å². The molecule has 0 radical (unpaired) electrons. The van der Waals surface area contributed by atoms with Crippen LogP contribution in [0.4, 0.5) is 0 Å². The van der Waals surface area contributed by atoms with Gasteiger partial charge in [0.15, 0.2) is 0 Å². The normalized spacial score (nSPS) is 13.0. The molecule has 0 fully saturated rings. The molecular formula is C18H35KO7S2. The van der Waals surface area contributed by atoms with Crippen LogP contribution in [-0.4, -0.2) is 62.8 Å². The largest absolute Gasteiger partial charge is 1.00 e. The Morgan fingerprint density at radius 3 is 2.39 bits per heavy atom. The van der Waals surface area contributed by atoms with Crippen molar-refractivity contribution in [2.24, 2.45) is 11.3 Å². The number of hydrogen-bond donors (Lipinski definition) is 0. The summed E-state index contributed by atoms with van der Waals surface area (Å²) in [5.41, 5.74) is 0.0906. The molecule has 0 aliphatic carbocycles. The van der Waals surface area contributed by atoms with Gasteiger partial charge in [0.1, 0.15) is 13.4 Å². The summed E-state index contributed by atoms with van der Waals surface area (Å²) < 4.78 is 47.4. The van der Waals surface area contributed by atoms with Crippen molar-refractivity contribution in [1.29, 1.82) is 0 Å². The van der Waals surface area contributed by atoms with Crippen molar-refractivity contribution in [3.05, 3.63) is 0 Å². The van der Waals surface area contributed by atoms with E-state index in [2.05, 4.69) is 13.8 Å². The minimum absolute atomic E-state index is 0. The number of unbranched alkanes of at least 4 members (excludes halogenated alkanes) is 1. The summed E-state index contributed by atoms with van der Waals surface area (Å²) in [6.45, 7) is 9.35. The minimum Gasteiger partial charge on any atom is -0.748 e. The van der Waals surface area contributed by atoms with E-state index in [9.17, 15) is 17.8 Å². The second kappa shape index (κ2) is 17.9. The van der Waals surface area contributed by atoms with Crippen molar-refractivity contribution in [3.63, 3.8) is 0 Å². The van der Waals surface area contributed by atoms with Gasteiger partial charge in [0.05, 0.1) is 29.2 Å². The fourth-order valence-corrected chi connectivity index (χ4v) is 3.74. The maximum atomic E-state index is 11.4. The molecule has 0 rings (SSSR count). The SMILES string of the molecule is CCC(C)C(=O)OCCOCOCCSCC(C)(C)CCCCS(=O)(=O)[O-].[K+]. The van der Waals surface area contributed by atoms with E-state index in [1.54, 1.807) is 11.8 Å². The summed E-state index contributed by atoms with van der Waals surface area (Å²) in [5, 5.41) is 0. The first-order chi connectivity index (χ1) is 12.6. The third-order valence-corrected chi connectivity index (χ3v) is 6.25. The van der Waals surface area contributed by atoms with Crippen LogP contribution in [0.1, 0.15) is 53.4 Å². The van der Waals surface area contributed by atoms with Crippen LogP contribution in [0, 0.1) is 11.3 Å². The van der Waals surface area contributed by atoms with Crippen molar-refractivity contribution in [2.75, 3.05) is 43.9 Å². The number of thioether (sulfide) groups is 1. The van der Waals surface area contributed by atoms with E-state index in [0.717, 1.165) is 30.8 Å². The van der Waals surface area contributed by atoms with Gasteiger partial charge in [-0.1, -0.05) is 34.1 Å². The summed E-state index contributed by atoms with van der Waals surface area (Å²) in [7, 11) is -4.10. The second-order valence-electron chi connectivity index (χ2n) is 7.35. The van der Waals surface area contributed by atoms with Crippen LogP contribution in [0.3, 0.4) is 0 Å². The van der Waals surface area contributed by atoms with Crippen molar-refractivity contribution in [3.8, 4) is 0 Å². The van der Waals surface area contributed by atoms with Crippen LogP contribution < -0.4 is 51.4 Å². The predicted octanol–water partition coefficient (Wildman–Crippen LogP) is 0.0453. The molecule has 0 aliphatic rings. The van der Waals surface area contributed by atoms with E-state index < -0.39 is 10.1 Å². The second-order valence-corrected chi connectivity index (χ2v) is 9.98. The Morgan fingerprint density at radius 1 is 1.14 bits per heavy atom. The summed E-state index contributed by atoms with van der Waals surface area (Å²) >= 11 is 1.77. The molecule has 0 heterocycles. The van der Waals surface area contributed by atoms with Gasteiger partial charge in [-0.25, -0.2) is 8.42 Å². The average Bonchev–Trinajstić information content (AvgIpc) is 2.58. The Kier molecular flexibility index (Phi) is 20.1. The summed E-state index contributed by atoms with van der Waals surface area (Å²) in [6, 6.07) is 0. The smallest absolute Gasteiger partial charge is 0.748 e. The van der Waals surface area contributed by atoms with E-state index in [1.165, 1.54) is 0 Å². The van der Waals surface area contributed by atoms with Crippen molar-refractivity contribution in [2.45, 2.75) is 53.4 Å². The van der Waals surface area contributed by atoms with Crippen LogP contribution in [0.5, 0.6) is 0 Å². The molecule has 0 N–H and O–H groups in total. The number of hydrogen-bond acceptors (Lipinski definition) is 8. The maximum Gasteiger partial charge on any atom is 1.00 e. The molecule has 7 nitrogen and oxygen atoms in total. The zero-order chi connectivity index (χ0) is 20.8. The summed E-state index contributed by atoms with van der Waals surface area (Å²) in [6.07, 6.45) is 2.81. The van der Waals surface area contributed by atoms with Crippen LogP contribution in [0.15, 0.2) is 0 Å². The monoisotopic (exact) mass is 466 g/mol. The molecule has 0 spiro atoms. The molecule has 0 aromatic heterocycles. The van der Waals surface area contributed by atoms with E-state index >= 15 is 0 Å². The van der Waals surface area contributed by atoms with Crippen LogP contribution >= 0.6 is 11.8 Å². The van der Waals surface area contributed by atoms with Crippen molar-refractivity contribution >= 4 is 27.8 Å². The predicted molar refractivity (Wildman–Crippen MR) is 107 cm³/mol. The zero-order valence-corrected chi connectivity index (χ0v) is 22.8. The van der Waals surface area contributed by atoms with E-state index in [4.69, 9.17) is 14.2 Å². The first-order valence-corrected chi connectivity index (χ1v) is 12.1. The van der Waals surface area contributed by atoms with Gasteiger partial charge in [0, 0.05) is 11.5 Å². The molecule has 0 aliphatic heterocycles. The molecule has 0 aromatic carbocycles. The third kappa shape index (κ3) is 20.6. The van der Waals surface area contributed by atoms with Gasteiger partial charge in [-0.15, -0.1) is 0 Å². The number of ether oxygens (including phenoxy) is 3. The molecule has 10 heteroatoms. The first kappa shape index (κ1) is 31.5. The Labute approximate surface area is 217 Å². The quantitative estimate of drug-likeness (QED) is 0.0974. The molecule has 0 amide bonds. The van der Waals surface area contributed by atoms with Gasteiger partial charge in [-0.2, -0.15) is 11.8 Å². The van der Waals surface area contributed by atoms with E-state index in [1.807, 2.05) is 13.8 Å². The topological polar surface area (TPSA) is 102 Å². The standard InChI is InChI=1S/C18H36O7S2.K/c1-5-16(2)17(19)25-10-9-23-15-24-11-12-26-14-18(3,4)8-6-7-13-27(20,21)22;/h16H,5-15H2,1-4H3,(H,20,21,22);/q;+1/p-1. The Hall–Kier alpha value is 1.29. The average molecular weight is 467 g/mol. The fraction of sp³-hybridized carbons (Fsp3) is 0.944. The Bertz CT molecular complexity index is 498. The number of carbonyl (C=O) groups excluding carboxylic acids is 1. The summed E-state index contributed by atoms with van der Waals surface area (Å²) in [4.78, 5) is 11.4. The minimum atomic E-state index is -4.10. The number of carbonyl (C=O) groups is 1. The molecule has 1 unspecified atom stereocenters. The number of rotatable bonds is 17. The fourth-order valence-electron chi connectivity index (χ4n) is 2.11. The van der Waals surface area contributed by atoms with E-state index in [0.29, 0.717) is 19.6 Å². The third-order valence-electron chi connectivity index (χ3n) is 4.02. The van der Waals surface area contributed by atoms with Crippen molar-refractivity contribution in [1.82, 2.24) is 0 Å². The Morgan fingerprint density at radius 2 is 1.79 bits per heavy atom. The van der Waals surface area contributed by atoms with Gasteiger partial charge in [0.25, 0.3) is 0 Å². The maximum absolute atomic E-state index is 11.4. The summed E-state index contributed by atoms with van der Waals surface area (Å²) in [5.74, 6) is 1.22. The molecule has 0 aromatic rings. The van der Waals surface area contributed by atoms with Crippen LogP contribution in [-0.2, 0) is 29.1 Å². The molecule has 28 heavy (non-hydrogen) atoms. The Balaban J connectivity index is 0. The number of esters is 1. The van der Waals surface area contributed by atoms with Crippen LogP contribution in [0.25, 0.3) is 0 Å². The molecule has 1 atom stereocenters. The zero-order valence-electron chi connectivity index (χ0n) is 18.0.